The average Bonchev–Trinajstić information content (AvgIpc) is 3.72. The number of ether oxygens (including phenoxy) is 1. The van der Waals surface area contributed by atoms with Gasteiger partial charge < -0.3 is 20.1 Å². The molecule has 44 heavy (non-hydrogen) atoms. The van der Waals surface area contributed by atoms with Crippen molar-refractivity contribution in [2.45, 2.75) is 43.6 Å². The molecule has 4 heterocycles. The highest BCUT2D eigenvalue weighted by molar-refractivity contribution is 7.16. The Morgan fingerprint density at radius 2 is 1.80 bits per heavy atom. The highest BCUT2D eigenvalue weighted by atomic mass is 35.5. The summed E-state index contributed by atoms with van der Waals surface area (Å²) in [5.74, 6) is -2.66. The zero-order valence-corrected chi connectivity index (χ0v) is 24.4. The molecule has 18 heteroatoms. The van der Waals surface area contributed by atoms with Crippen molar-refractivity contribution in [1.82, 2.24) is 29.5 Å². The average molecular weight is 677 g/mol. The predicted molar refractivity (Wildman–Crippen MR) is 148 cm³/mol. The number of aliphatic hydroxyl groups is 3. The summed E-state index contributed by atoms with van der Waals surface area (Å²) < 4.78 is 79.7. The number of aliphatic hydroxyl groups excluding tert-OH is 3. The lowest BCUT2D eigenvalue weighted by Gasteiger charge is -2.42. The van der Waals surface area contributed by atoms with Crippen molar-refractivity contribution in [3.8, 4) is 16.8 Å². The van der Waals surface area contributed by atoms with Crippen LogP contribution in [0.25, 0.3) is 27.0 Å². The summed E-state index contributed by atoms with van der Waals surface area (Å²) in [5, 5.41) is 40.2. The first-order valence-electron chi connectivity index (χ1n) is 12.7. The second kappa shape index (κ2) is 11.3. The lowest BCUT2D eigenvalue weighted by molar-refractivity contribution is -0.210. The molecule has 0 amide bonds. The Morgan fingerprint density at radius 1 is 1.07 bits per heavy atom. The van der Waals surface area contributed by atoms with Crippen molar-refractivity contribution in [3.05, 3.63) is 75.0 Å². The topological polar surface area (TPSA) is 131 Å². The maximum absolute atomic E-state index is 15.0. The molecule has 3 aromatic heterocycles. The summed E-state index contributed by atoms with van der Waals surface area (Å²) in [7, 11) is 0. The molecule has 232 valence electrons. The van der Waals surface area contributed by atoms with Crippen molar-refractivity contribution in [2.24, 2.45) is 0 Å². The van der Waals surface area contributed by atoms with E-state index in [1.807, 2.05) is 0 Å². The first-order valence-corrected chi connectivity index (χ1v) is 14.3. The number of nitrogens with zero attached hydrogens (tertiary/aromatic N) is 6. The number of benzene rings is 2. The zero-order chi connectivity index (χ0) is 31.7. The van der Waals surface area contributed by atoms with Crippen molar-refractivity contribution >= 4 is 44.8 Å². The number of rotatable bonds is 5. The van der Waals surface area contributed by atoms with Gasteiger partial charge in [-0.2, -0.15) is 23.4 Å². The monoisotopic (exact) mass is 676 g/mol. The summed E-state index contributed by atoms with van der Waals surface area (Å²) in [5.41, 5.74) is -0.625. The Labute approximate surface area is 257 Å². The Morgan fingerprint density at radius 3 is 2.50 bits per heavy atom. The van der Waals surface area contributed by atoms with Gasteiger partial charge in [-0.1, -0.05) is 23.2 Å². The number of fused-ring (bicyclic) bond motifs is 1. The van der Waals surface area contributed by atoms with Crippen molar-refractivity contribution in [3.63, 3.8) is 0 Å². The molecule has 2 aromatic carbocycles. The van der Waals surface area contributed by atoms with E-state index >= 15 is 0 Å². The standard InChI is InChI=1S/C26H19Cl2F5N6O4S/c1-9-36-25(39(37-9)15-4-14(28)13(27)3-12(15)26(31,32)33)24-23(42)21(22(41)16(7-40)43-24)38-6-10(5-35-38)11-2-17-20(34-8-44-17)19(30)18(11)29/h2-6,8,16,21-24,40-42H,7H2,1H3/t16-,21+,22+,23-,24-/m1/s1. The third-order valence-electron chi connectivity index (χ3n) is 7.18. The van der Waals surface area contributed by atoms with Gasteiger partial charge in [0.15, 0.2) is 17.5 Å². The maximum Gasteiger partial charge on any atom is 0.418 e. The van der Waals surface area contributed by atoms with E-state index in [4.69, 9.17) is 27.9 Å². The number of alkyl halides is 3. The lowest BCUT2D eigenvalue weighted by atomic mass is 9.92. The fraction of sp³-hybridized carbons (Fsp3) is 0.308. The number of halogens is 7. The van der Waals surface area contributed by atoms with E-state index in [2.05, 4.69) is 20.2 Å². The summed E-state index contributed by atoms with van der Waals surface area (Å²) in [4.78, 5) is 8.01. The Kier molecular flexibility index (Phi) is 7.88. The van der Waals surface area contributed by atoms with Gasteiger partial charge in [0, 0.05) is 17.3 Å². The van der Waals surface area contributed by atoms with Crippen LogP contribution in [0.1, 0.15) is 29.4 Å². The molecule has 0 unspecified atom stereocenters. The van der Waals surface area contributed by atoms with Gasteiger partial charge in [0.25, 0.3) is 0 Å². The lowest BCUT2D eigenvalue weighted by Crippen LogP contribution is -2.53. The van der Waals surface area contributed by atoms with Crippen LogP contribution in [-0.2, 0) is 10.9 Å². The van der Waals surface area contributed by atoms with E-state index < -0.39 is 66.1 Å². The smallest absolute Gasteiger partial charge is 0.394 e. The fourth-order valence-electron chi connectivity index (χ4n) is 5.15. The molecule has 0 spiro atoms. The van der Waals surface area contributed by atoms with Crippen LogP contribution in [-0.4, -0.2) is 69.8 Å². The van der Waals surface area contributed by atoms with E-state index in [9.17, 15) is 37.3 Å². The first-order chi connectivity index (χ1) is 20.8. The molecule has 5 aromatic rings. The van der Waals surface area contributed by atoms with E-state index in [1.54, 1.807) is 0 Å². The molecular formula is C26H19Cl2F5N6O4S. The molecule has 5 atom stereocenters. The largest absolute Gasteiger partial charge is 0.418 e. The van der Waals surface area contributed by atoms with Gasteiger partial charge in [0.05, 0.1) is 44.3 Å². The van der Waals surface area contributed by atoms with Crippen LogP contribution in [0, 0.1) is 18.6 Å². The zero-order valence-electron chi connectivity index (χ0n) is 22.0. The Bertz CT molecular complexity index is 1880. The van der Waals surface area contributed by atoms with E-state index in [0.29, 0.717) is 10.8 Å². The van der Waals surface area contributed by atoms with Gasteiger partial charge in [0.2, 0.25) is 0 Å². The minimum Gasteiger partial charge on any atom is -0.394 e. The Balaban J connectivity index is 1.43. The molecule has 1 saturated heterocycles. The number of hydrogen-bond donors (Lipinski definition) is 3. The predicted octanol–water partition coefficient (Wildman–Crippen LogP) is 5.05. The molecule has 10 nitrogen and oxygen atoms in total. The fourth-order valence-corrected chi connectivity index (χ4v) is 6.18. The minimum absolute atomic E-state index is 0.00412. The van der Waals surface area contributed by atoms with Gasteiger partial charge in [-0.05, 0) is 25.1 Å². The highest BCUT2D eigenvalue weighted by Gasteiger charge is 2.48. The highest BCUT2D eigenvalue weighted by Crippen LogP contribution is 2.42. The molecule has 1 aliphatic rings. The second-order valence-electron chi connectivity index (χ2n) is 9.92. The maximum atomic E-state index is 15.0. The van der Waals surface area contributed by atoms with Crippen LogP contribution >= 0.6 is 34.5 Å². The molecule has 0 aliphatic carbocycles. The summed E-state index contributed by atoms with van der Waals surface area (Å²) in [6, 6.07) is 1.53. The van der Waals surface area contributed by atoms with Gasteiger partial charge >= 0.3 is 6.18 Å². The molecule has 6 rings (SSSR count). The summed E-state index contributed by atoms with van der Waals surface area (Å²) in [6.07, 6.45) is -8.81. The SMILES string of the molecule is Cc1nc([C@@H]2O[C@H](CO)[C@H](O)[C@H](n3cc(-c4cc5scnc5c(F)c4F)cn3)[C@H]2O)n(-c2cc(Cl)c(Cl)cc2C(F)(F)F)n1. The van der Waals surface area contributed by atoms with Crippen LogP contribution in [0.5, 0.6) is 0 Å². The van der Waals surface area contributed by atoms with E-state index in [1.165, 1.54) is 30.9 Å². The number of thiazole rings is 1. The number of aromatic nitrogens is 6. The quantitative estimate of drug-likeness (QED) is 0.221. The molecule has 0 bridgehead atoms. The first kappa shape index (κ1) is 30.8. The van der Waals surface area contributed by atoms with Crippen LogP contribution < -0.4 is 0 Å². The minimum atomic E-state index is -4.90. The molecule has 3 N–H and O–H groups in total. The van der Waals surface area contributed by atoms with Crippen molar-refractivity contribution in [2.75, 3.05) is 6.61 Å². The number of hydrogen-bond acceptors (Lipinski definition) is 9. The van der Waals surface area contributed by atoms with Gasteiger partial charge in [-0.3, -0.25) is 4.68 Å². The number of aryl methyl sites for hydroxylation is 1. The molecular weight excluding hydrogens is 658 g/mol. The summed E-state index contributed by atoms with van der Waals surface area (Å²) >= 11 is 13.0. The Hall–Kier alpha value is -3.25. The van der Waals surface area contributed by atoms with Gasteiger partial charge in [-0.15, -0.1) is 11.3 Å². The third kappa shape index (κ3) is 5.13. The third-order valence-corrected chi connectivity index (χ3v) is 8.68. The van der Waals surface area contributed by atoms with E-state index in [0.717, 1.165) is 26.8 Å². The van der Waals surface area contributed by atoms with Crippen LogP contribution in [0.4, 0.5) is 22.0 Å². The van der Waals surface area contributed by atoms with E-state index in [-0.39, 0.29) is 38.3 Å². The molecule has 0 radical (unpaired) electrons. The van der Waals surface area contributed by atoms with Crippen molar-refractivity contribution in [1.29, 1.82) is 0 Å². The van der Waals surface area contributed by atoms with Crippen molar-refractivity contribution < 1.29 is 42.0 Å². The molecule has 1 fully saturated rings. The van der Waals surface area contributed by atoms with Crippen LogP contribution in [0.2, 0.25) is 10.0 Å². The van der Waals surface area contributed by atoms with Gasteiger partial charge in [0.1, 0.15) is 41.8 Å². The van der Waals surface area contributed by atoms with Crippen LogP contribution in [0.3, 0.4) is 0 Å². The molecule has 1 aliphatic heterocycles. The second-order valence-corrected chi connectivity index (χ2v) is 11.6. The normalized spacial score (nSPS) is 22.7. The molecule has 0 saturated carbocycles. The van der Waals surface area contributed by atoms with Crippen LogP contribution in [0.15, 0.2) is 36.1 Å². The van der Waals surface area contributed by atoms with Gasteiger partial charge in [-0.25, -0.2) is 23.4 Å². The summed E-state index contributed by atoms with van der Waals surface area (Å²) in [6.45, 7) is 0.619.